The maximum Gasteiger partial charge on any atom is 0.327 e. The van der Waals surface area contributed by atoms with Crippen molar-refractivity contribution in [3.8, 4) is 28.7 Å². The highest BCUT2D eigenvalue weighted by atomic mass is 16.5. The zero-order chi connectivity index (χ0) is 47.6. The first-order valence-corrected chi connectivity index (χ1v) is 22.7. The first kappa shape index (κ1) is 46.5. The molecule has 0 unspecified atom stereocenters. The van der Waals surface area contributed by atoms with Gasteiger partial charge in [-0.3, -0.25) is 14.5 Å². The number of ether oxygens (including phenoxy) is 3. The van der Waals surface area contributed by atoms with E-state index in [-0.39, 0.29) is 17.7 Å². The average Bonchev–Trinajstić information content (AvgIpc) is 3.76. The SMILES string of the molecule is CCc1ccc(N2C(=O)[C@@H](Cc3ccc(OCc4ccccc4)cc3)[C@H]2C=O)cc1.COc1ccc(N2C(=O)[C@@H](Cc3ccc(OCCc4nc(-c5ccccc5)oc4C)cc3)[C@H]2C(=O)O)cc1. The lowest BCUT2D eigenvalue weighted by Gasteiger charge is -2.44. The van der Waals surface area contributed by atoms with Gasteiger partial charge in [-0.25, -0.2) is 9.78 Å². The molecule has 2 amide bonds. The summed E-state index contributed by atoms with van der Waals surface area (Å²) in [5, 5.41) is 9.80. The van der Waals surface area contributed by atoms with Crippen LogP contribution < -0.4 is 24.0 Å². The van der Waals surface area contributed by atoms with Gasteiger partial charge in [-0.05, 0) is 121 Å². The fraction of sp³-hybridized carbons (Fsp3) is 0.232. The number of carboxylic acids is 1. The van der Waals surface area contributed by atoms with E-state index < -0.39 is 24.0 Å². The fourth-order valence-corrected chi connectivity index (χ4v) is 8.51. The summed E-state index contributed by atoms with van der Waals surface area (Å²) in [5.41, 5.74) is 7.33. The second-order valence-electron chi connectivity index (χ2n) is 16.7. The molecular formula is C56H53N3O9. The summed E-state index contributed by atoms with van der Waals surface area (Å²) in [5.74, 6) is 1.30. The van der Waals surface area contributed by atoms with Crippen LogP contribution in [-0.4, -0.2) is 60.0 Å². The van der Waals surface area contributed by atoms with Gasteiger partial charge in [0, 0.05) is 23.4 Å². The third-order valence-corrected chi connectivity index (χ3v) is 12.4. The van der Waals surface area contributed by atoms with Gasteiger partial charge in [0.2, 0.25) is 17.7 Å². The van der Waals surface area contributed by atoms with E-state index in [4.69, 9.17) is 18.6 Å². The lowest BCUT2D eigenvalue weighted by atomic mass is 9.82. The lowest BCUT2D eigenvalue weighted by Crippen LogP contribution is -2.65. The Balaban J connectivity index is 0.000000189. The van der Waals surface area contributed by atoms with Gasteiger partial charge in [-0.2, -0.15) is 0 Å². The van der Waals surface area contributed by atoms with Crippen LogP contribution in [0.1, 0.15) is 40.6 Å². The number of aromatic nitrogens is 1. The summed E-state index contributed by atoms with van der Waals surface area (Å²) in [6, 6.07) is 48.2. The van der Waals surface area contributed by atoms with Crippen LogP contribution in [0.25, 0.3) is 11.5 Å². The van der Waals surface area contributed by atoms with Crippen molar-refractivity contribution in [2.24, 2.45) is 11.8 Å². The molecule has 9 rings (SSSR count). The molecule has 0 aliphatic carbocycles. The predicted octanol–water partition coefficient (Wildman–Crippen LogP) is 9.54. The molecule has 0 bridgehead atoms. The van der Waals surface area contributed by atoms with E-state index in [1.165, 1.54) is 10.5 Å². The molecular weight excluding hydrogens is 859 g/mol. The zero-order valence-corrected chi connectivity index (χ0v) is 38.2. The molecule has 1 N–H and O–H groups in total. The Morgan fingerprint density at radius 3 is 1.78 bits per heavy atom. The van der Waals surface area contributed by atoms with Gasteiger partial charge < -0.3 is 33.4 Å². The number of methoxy groups -OCH3 is 1. The first-order valence-electron chi connectivity index (χ1n) is 22.7. The van der Waals surface area contributed by atoms with Crippen LogP contribution in [0, 0.1) is 18.8 Å². The number of aldehydes is 1. The summed E-state index contributed by atoms with van der Waals surface area (Å²) >= 11 is 0. The van der Waals surface area contributed by atoms with Crippen molar-refractivity contribution < 1.29 is 42.9 Å². The molecule has 346 valence electrons. The summed E-state index contributed by atoms with van der Waals surface area (Å²) in [4.78, 5) is 56.9. The van der Waals surface area contributed by atoms with Crippen molar-refractivity contribution >= 4 is 35.4 Å². The van der Waals surface area contributed by atoms with Crippen LogP contribution in [0.2, 0.25) is 0 Å². The van der Waals surface area contributed by atoms with Gasteiger partial charge in [0.25, 0.3) is 0 Å². The summed E-state index contributed by atoms with van der Waals surface area (Å²) < 4.78 is 22.7. The lowest BCUT2D eigenvalue weighted by molar-refractivity contribution is -0.149. The average molecular weight is 912 g/mol. The molecule has 12 nitrogen and oxygen atoms in total. The molecule has 0 saturated carbocycles. The highest BCUT2D eigenvalue weighted by molar-refractivity contribution is 6.10. The quantitative estimate of drug-likeness (QED) is 0.0652. The molecule has 2 saturated heterocycles. The second kappa shape index (κ2) is 21.5. The van der Waals surface area contributed by atoms with Crippen LogP contribution >= 0.6 is 0 Å². The molecule has 4 atom stereocenters. The van der Waals surface area contributed by atoms with Crippen molar-refractivity contribution in [2.75, 3.05) is 23.5 Å². The number of oxazole rings is 1. The number of carbonyl (C=O) groups excluding carboxylic acids is 3. The number of aryl methyl sites for hydroxylation is 2. The molecule has 12 heteroatoms. The Morgan fingerprint density at radius 2 is 1.19 bits per heavy atom. The molecule has 6 aromatic carbocycles. The standard InChI is InChI=1S/C30H28N2O6.C26H25NO3/c1-19-26(31-28(38-19)21-6-4-3-5-7-21)16-17-37-24-12-8-20(9-13-24)18-25-27(30(34)35)32(29(25)33)22-10-14-23(36-2)15-11-22;1-2-19-8-12-22(13-9-19)27-25(17-28)24(26(27)29)16-20-10-14-23(15-11-20)30-18-21-6-4-3-5-7-21/h3-15,25,27H,16-18H2,1-2H3,(H,34,35);3-15,17,24-25H,2,16,18H2,1H3/t25-,27-;24-,25+/m00/s1. The molecule has 3 heterocycles. The Bertz CT molecular complexity index is 2800. The molecule has 2 fully saturated rings. The van der Waals surface area contributed by atoms with Crippen molar-refractivity contribution in [3.63, 3.8) is 0 Å². The largest absolute Gasteiger partial charge is 0.497 e. The van der Waals surface area contributed by atoms with Gasteiger partial charge in [0.05, 0.1) is 31.2 Å². The summed E-state index contributed by atoms with van der Waals surface area (Å²) in [7, 11) is 1.55. The molecule has 1 aromatic heterocycles. The van der Waals surface area contributed by atoms with E-state index >= 15 is 0 Å². The molecule has 0 radical (unpaired) electrons. The number of nitrogens with zero attached hydrogens (tertiary/aromatic N) is 3. The van der Waals surface area contributed by atoms with Gasteiger partial charge >= 0.3 is 5.97 Å². The van der Waals surface area contributed by atoms with Crippen LogP contribution in [0.3, 0.4) is 0 Å². The van der Waals surface area contributed by atoms with Crippen molar-refractivity contribution in [2.45, 2.75) is 58.2 Å². The van der Waals surface area contributed by atoms with E-state index in [2.05, 4.69) is 11.9 Å². The van der Waals surface area contributed by atoms with Gasteiger partial charge in [0.1, 0.15) is 48.0 Å². The Morgan fingerprint density at radius 1 is 0.662 bits per heavy atom. The van der Waals surface area contributed by atoms with E-state index in [1.54, 1.807) is 36.3 Å². The smallest absolute Gasteiger partial charge is 0.327 e. The van der Waals surface area contributed by atoms with E-state index in [1.807, 2.05) is 140 Å². The highest BCUT2D eigenvalue weighted by Gasteiger charge is 2.52. The Hall–Kier alpha value is -7.99. The van der Waals surface area contributed by atoms with Gasteiger partial charge in [0.15, 0.2) is 0 Å². The van der Waals surface area contributed by atoms with Crippen molar-refractivity contribution in [3.05, 3.63) is 191 Å². The number of hydrogen-bond donors (Lipinski definition) is 1. The first-order chi connectivity index (χ1) is 33.1. The molecule has 2 aliphatic rings. The van der Waals surface area contributed by atoms with Gasteiger partial charge in [-0.1, -0.05) is 91.9 Å². The summed E-state index contributed by atoms with van der Waals surface area (Å²) in [6.45, 7) is 4.93. The molecule has 68 heavy (non-hydrogen) atoms. The number of carboxylic acid groups (broad SMARTS) is 1. The molecule has 2 aliphatic heterocycles. The van der Waals surface area contributed by atoms with Crippen molar-refractivity contribution in [1.82, 2.24) is 4.98 Å². The van der Waals surface area contributed by atoms with E-state index in [9.17, 15) is 24.3 Å². The number of amides is 2. The molecule has 0 spiro atoms. The second-order valence-corrected chi connectivity index (χ2v) is 16.7. The molecule has 7 aromatic rings. The van der Waals surface area contributed by atoms with Crippen molar-refractivity contribution in [1.29, 1.82) is 0 Å². The third-order valence-electron chi connectivity index (χ3n) is 12.4. The normalized spacial score (nSPS) is 17.3. The number of aliphatic carboxylic acids is 1. The van der Waals surface area contributed by atoms with Crippen LogP contribution in [0.15, 0.2) is 162 Å². The highest BCUT2D eigenvalue weighted by Crippen LogP contribution is 2.37. The number of β-lactam (4-membered cyclic amide) rings is 2. The fourth-order valence-electron chi connectivity index (χ4n) is 8.51. The third kappa shape index (κ3) is 10.7. The van der Waals surface area contributed by atoms with E-state index in [0.29, 0.717) is 55.6 Å². The zero-order valence-electron chi connectivity index (χ0n) is 38.2. The number of carbonyl (C=O) groups is 4. The van der Waals surface area contributed by atoms with Crippen LogP contribution in [0.4, 0.5) is 11.4 Å². The summed E-state index contributed by atoms with van der Waals surface area (Å²) in [6.07, 6.45) is 3.31. The number of anilines is 2. The maximum atomic E-state index is 12.9. The Kier molecular flexibility index (Phi) is 14.7. The minimum absolute atomic E-state index is 0.000697. The van der Waals surface area contributed by atoms with E-state index in [0.717, 1.165) is 57.9 Å². The minimum Gasteiger partial charge on any atom is -0.497 e. The Labute approximate surface area is 395 Å². The monoisotopic (exact) mass is 911 g/mol. The van der Waals surface area contributed by atoms with Crippen LogP contribution in [0.5, 0.6) is 17.2 Å². The maximum absolute atomic E-state index is 12.9. The topological polar surface area (TPSA) is 149 Å². The predicted molar refractivity (Wildman–Crippen MR) is 259 cm³/mol. The number of benzene rings is 6. The number of hydrogen-bond acceptors (Lipinski definition) is 9. The van der Waals surface area contributed by atoms with Gasteiger partial charge in [-0.15, -0.1) is 0 Å². The van der Waals surface area contributed by atoms with Crippen LogP contribution in [-0.2, 0) is 51.5 Å². The number of rotatable bonds is 18. The minimum atomic E-state index is -1.02.